The maximum absolute atomic E-state index is 5.28. The zero-order chi connectivity index (χ0) is 13.2. The third-order valence-corrected chi connectivity index (χ3v) is 4.38. The van der Waals surface area contributed by atoms with Gasteiger partial charge in [0.1, 0.15) is 0 Å². The van der Waals surface area contributed by atoms with Crippen molar-refractivity contribution >= 4 is 5.69 Å². The standard InChI is InChI=1S/C16H24N2O/c1-13(2)14-3-5-15(6-4-14)17-7-9-18(10-8-17)16-11-19-12-16/h3-6,13,16H,7-12H2,1-2H3. The first-order valence-corrected chi connectivity index (χ1v) is 7.41. The summed E-state index contributed by atoms with van der Waals surface area (Å²) in [5.74, 6) is 0.615. The quantitative estimate of drug-likeness (QED) is 0.829. The van der Waals surface area contributed by atoms with E-state index in [0.29, 0.717) is 12.0 Å². The van der Waals surface area contributed by atoms with E-state index < -0.39 is 0 Å². The summed E-state index contributed by atoms with van der Waals surface area (Å²) >= 11 is 0. The SMILES string of the molecule is CC(C)c1ccc(N2CCN(C3COC3)CC2)cc1. The van der Waals surface area contributed by atoms with Crippen molar-refractivity contribution in [3.8, 4) is 0 Å². The van der Waals surface area contributed by atoms with Crippen LogP contribution >= 0.6 is 0 Å². The minimum atomic E-state index is 0.615. The van der Waals surface area contributed by atoms with Crippen molar-refractivity contribution in [1.82, 2.24) is 4.90 Å². The average Bonchev–Trinajstić information content (AvgIpc) is 2.38. The lowest BCUT2D eigenvalue weighted by molar-refractivity contribution is -0.0660. The molecule has 1 aromatic carbocycles. The zero-order valence-corrected chi connectivity index (χ0v) is 12.0. The molecule has 0 spiro atoms. The van der Waals surface area contributed by atoms with Gasteiger partial charge < -0.3 is 9.64 Å². The highest BCUT2D eigenvalue weighted by Crippen LogP contribution is 2.22. The Morgan fingerprint density at radius 2 is 1.63 bits per heavy atom. The normalized spacial score (nSPS) is 21.7. The summed E-state index contributed by atoms with van der Waals surface area (Å²) in [6, 6.07) is 9.78. The van der Waals surface area contributed by atoms with Crippen LogP contribution in [0.25, 0.3) is 0 Å². The summed E-state index contributed by atoms with van der Waals surface area (Å²) in [7, 11) is 0. The number of hydrogen-bond acceptors (Lipinski definition) is 3. The lowest BCUT2D eigenvalue weighted by atomic mass is 10.0. The second-order valence-electron chi connectivity index (χ2n) is 5.96. The van der Waals surface area contributed by atoms with Gasteiger partial charge in [-0.05, 0) is 23.6 Å². The maximum atomic E-state index is 5.28. The van der Waals surface area contributed by atoms with Gasteiger partial charge in [0.25, 0.3) is 0 Å². The highest BCUT2D eigenvalue weighted by atomic mass is 16.5. The summed E-state index contributed by atoms with van der Waals surface area (Å²) in [6.07, 6.45) is 0. The van der Waals surface area contributed by atoms with Crippen LogP contribution in [0.5, 0.6) is 0 Å². The Labute approximate surface area is 116 Å². The Bertz CT molecular complexity index is 403. The van der Waals surface area contributed by atoms with Crippen LogP contribution in [0.2, 0.25) is 0 Å². The lowest BCUT2D eigenvalue weighted by Crippen LogP contribution is -2.56. The van der Waals surface area contributed by atoms with Crippen molar-refractivity contribution < 1.29 is 4.74 Å². The first kappa shape index (κ1) is 12.9. The second kappa shape index (κ2) is 5.51. The fourth-order valence-electron chi connectivity index (χ4n) is 2.85. The molecule has 0 unspecified atom stereocenters. The Morgan fingerprint density at radius 1 is 1.00 bits per heavy atom. The number of rotatable bonds is 3. The number of nitrogens with zero attached hydrogens (tertiary/aromatic N) is 2. The molecule has 2 heterocycles. The van der Waals surface area contributed by atoms with E-state index in [4.69, 9.17) is 4.74 Å². The van der Waals surface area contributed by atoms with E-state index in [1.165, 1.54) is 24.3 Å². The molecule has 0 saturated carbocycles. The highest BCUT2D eigenvalue weighted by Gasteiger charge is 2.28. The third-order valence-electron chi connectivity index (χ3n) is 4.38. The molecule has 104 valence electrons. The molecule has 0 atom stereocenters. The topological polar surface area (TPSA) is 15.7 Å². The molecule has 2 aliphatic rings. The number of hydrogen-bond donors (Lipinski definition) is 0. The molecule has 0 N–H and O–H groups in total. The van der Waals surface area contributed by atoms with Gasteiger partial charge in [0.2, 0.25) is 0 Å². The second-order valence-corrected chi connectivity index (χ2v) is 5.96. The van der Waals surface area contributed by atoms with Crippen LogP contribution in [0, 0.1) is 0 Å². The van der Waals surface area contributed by atoms with Crippen molar-refractivity contribution in [1.29, 1.82) is 0 Å². The molecule has 2 saturated heterocycles. The van der Waals surface area contributed by atoms with Gasteiger partial charge in [-0.1, -0.05) is 26.0 Å². The fraction of sp³-hybridized carbons (Fsp3) is 0.625. The van der Waals surface area contributed by atoms with E-state index in [1.54, 1.807) is 0 Å². The minimum absolute atomic E-state index is 0.615. The van der Waals surface area contributed by atoms with Crippen LogP contribution in [0.15, 0.2) is 24.3 Å². The molecule has 2 aliphatic heterocycles. The summed E-state index contributed by atoms with van der Waals surface area (Å²) in [5.41, 5.74) is 2.79. The number of ether oxygens (including phenoxy) is 1. The van der Waals surface area contributed by atoms with Crippen LogP contribution in [-0.2, 0) is 4.74 Å². The first-order chi connectivity index (χ1) is 9.24. The largest absolute Gasteiger partial charge is 0.378 e. The van der Waals surface area contributed by atoms with E-state index >= 15 is 0 Å². The molecule has 0 radical (unpaired) electrons. The highest BCUT2D eigenvalue weighted by molar-refractivity contribution is 5.48. The van der Waals surface area contributed by atoms with Crippen molar-refractivity contribution in [3.63, 3.8) is 0 Å². The monoisotopic (exact) mass is 260 g/mol. The lowest BCUT2D eigenvalue weighted by Gasteiger charge is -2.43. The van der Waals surface area contributed by atoms with E-state index in [1.807, 2.05) is 0 Å². The van der Waals surface area contributed by atoms with Gasteiger partial charge in [-0.25, -0.2) is 0 Å². The molecule has 0 bridgehead atoms. The summed E-state index contributed by atoms with van der Waals surface area (Å²) in [4.78, 5) is 5.07. The van der Waals surface area contributed by atoms with E-state index in [9.17, 15) is 0 Å². The summed E-state index contributed by atoms with van der Waals surface area (Å²) < 4.78 is 5.28. The van der Waals surface area contributed by atoms with Gasteiger partial charge >= 0.3 is 0 Å². The van der Waals surface area contributed by atoms with Crippen LogP contribution in [0.3, 0.4) is 0 Å². The van der Waals surface area contributed by atoms with Gasteiger partial charge in [0.05, 0.1) is 19.3 Å². The molecule has 2 fully saturated rings. The van der Waals surface area contributed by atoms with Crippen LogP contribution in [0.1, 0.15) is 25.3 Å². The predicted molar refractivity (Wildman–Crippen MR) is 78.9 cm³/mol. The average molecular weight is 260 g/mol. The zero-order valence-electron chi connectivity index (χ0n) is 12.0. The molecule has 3 rings (SSSR count). The van der Waals surface area contributed by atoms with Gasteiger partial charge in [0.15, 0.2) is 0 Å². The molecule has 3 nitrogen and oxygen atoms in total. The van der Waals surface area contributed by atoms with Crippen LogP contribution in [0.4, 0.5) is 5.69 Å². The molecule has 0 amide bonds. The maximum Gasteiger partial charge on any atom is 0.0645 e. The predicted octanol–water partition coefficient (Wildman–Crippen LogP) is 2.33. The van der Waals surface area contributed by atoms with Crippen LogP contribution < -0.4 is 4.90 Å². The fourth-order valence-corrected chi connectivity index (χ4v) is 2.85. The van der Waals surface area contributed by atoms with Crippen molar-refractivity contribution in [2.24, 2.45) is 0 Å². The van der Waals surface area contributed by atoms with Crippen LogP contribution in [-0.4, -0.2) is 50.3 Å². The first-order valence-electron chi connectivity index (χ1n) is 7.41. The van der Waals surface area contributed by atoms with Gasteiger partial charge in [-0.15, -0.1) is 0 Å². The number of anilines is 1. The van der Waals surface area contributed by atoms with E-state index in [0.717, 1.165) is 26.3 Å². The van der Waals surface area contributed by atoms with E-state index in [2.05, 4.69) is 47.9 Å². The van der Waals surface area contributed by atoms with Crippen molar-refractivity contribution in [2.45, 2.75) is 25.8 Å². The molecular weight excluding hydrogens is 236 g/mol. The molecule has 1 aromatic rings. The molecule has 3 heteroatoms. The minimum Gasteiger partial charge on any atom is -0.378 e. The van der Waals surface area contributed by atoms with Gasteiger partial charge in [-0.3, -0.25) is 4.90 Å². The Balaban J connectivity index is 1.58. The van der Waals surface area contributed by atoms with E-state index in [-0.39, 0.29) is 0 Å². The Morgan fingerprint density at radius 3 is 2.11 bits per heavy atom. The molecule has 19 heavy (non-hydrogen) atoms. The third kappa shape index (κ3) is 2.77. The molecule has 0 aliphatic carbocycles. The van der Waals surface area contributed by atoms with Gasteiger partial charge in [-0.2, -0.15) is 0 Å². The summed E-state index contributed by atoms with van der Waals surface area (Å²) in [5, 5.41) is 0. The number of piperazine rings is 1. The van der Waals surface area contributed by atoms with Crippen molar-refractivity contribution in [3.05, 3.63) is 29.8 Å². The molecular formula is C16H24N2O. The Hall–Kier alpha value is -1.06. The van der Waals surface area contributed by atoms with Gasteiger partial charge in [0, 0.05) is 31.9 Å². The Kier molecular flexibility index (Phi) is 3.76. The number of benzene rings is 1. The molecule has 0 aromatic heterocycles. The summed E-state index contributed by atoms with van der Waals surface area (Å²) in [6.45, 7) is 11.0. The van der Waals surface area contributed by atoms with Crippen molar-refractivity contribution in [2.75, 3.05) is 44.3 Å². The smallest absolute Gasteiger partial charge is 0.0645 e.